The van der Waals surface area contributed by atoms with Crippen molar-refractivity contribution < 1.29 is 9.90 Å². The maximum atomic E-state index is 10.2. The van der Waals surface area contributed by atoms with Crippen LogP contribution >= 0.6 is 0 Å². The van der Waals surface area contributed by atoms with Crippen molar-refractivity contribution in [3.63, 3.8) is 0 Å². The van der Waals surface area contributed by atoms with Gasteiger partial charge < -0.3 is 10.8 Å². The molecule has 0 saturated heterocycles. The molecule has 0 aromatic heterocycles. The molecule has 0 aliphatic heterocycles. The number of hydrogen-bond acceptors (Lipinski definition) is 2. The molecule has 1 aliphatic carbocycles. The number of hydrogen-bond donors (Lipinski definition) is 2. The van der Waals surface area contributed by atoms with E-state index in [9.17, 15) is 4.79 Å². The van der Waals surface area contributed by atoms with E-state index >= 15 is 0 Å². The number of aliphatic carboxylic acids is 1. The first-order chi connectivity index (χ1) is 6.20. The number of carboxylic acids is 1. The molecular formula is C10H19NO2. The molecular weight excluding hydrogens is 166 g/mol. The smallest absolute Gasteiger partial charge is 0.303 e. The summed E-state index contributed by atoms with van der Waals surface area (Å²) in [6.07, 6.45) is 6.90. The molecule has 1 rings (SSSR count). The predicted molar refractivity (Wildman–Crippen MR) is 51.4 cm³/mol. The van der Waals surface area contributed by atoms with E-state index in [0.29, 0.717) is 18.4 Å². The van der Waals surface area contributed by atoms with Crippen molar-refractivity contribution in [3.05, 3.63) is 0 Å². The summed E-state index contributed by atoms with van der Waals surface area (Å²) in [5.41, 5.74) is 5.90. The standard InChI is InChI=1S/C10H19NO2/c11-9-6-3-5-8(9)4-1-2-7-10(12)13/h8-9H,1-7,11H2,(H,12,13). The topological polar surface area (TPSA) is 63.3 Å². The second kappa shape index (κ2) is 5.22. The first-order valence-corrected chi connectivity index (χ1v) is 5.17. The summed E-state index contributed by atoms with van der Waals surface area (Å²) in [5, 5.41) is 8.43. The van der Waals surface area contributed by atoms with E-state index in [-0.39, 0.29) is 0 Å². The molecule has 0 aromatic carbocycles. The molecule has 3 nitrogen and oxygen atoms in total. The second-order valence-electron chi connectivity index (χ2n) is 3.99. The van der Waals surface area contributed by atoms with E-state index in [1.807, 2.05) is 0 Å². The van der Waals surface area contributed by atoms with Gasteiger partial charge in [0.2, 0.25) is 0 Å². The summed E-state index contributed by atoms with van der Waals surface area (Å²) in [7, 11) is 0. The molecule has 1 saturated carbocycles. The maximum absolute atomic E-state index is 10.2. The summed E-state index contributed by atoms with van der Waals surface area (Å²) in [4.78, 5) is 10.2. The molecule has 0 heterocycles. The van der Waals surface area contributed by atoms with Gasteiger partial charge in [0.15, 0.2) is 0 Å². The van der Waals surface area contributed by atoms with E-state index < -0.39 is 5.97 Å². The molecule has 0 spiro atoms. The van der Waals surface area contributed by atoms with Crippen LogP contribution in [0.4, 0.5) is 0 Å². The van der Waals surface area contributed by atoms with Crippen LogP contribution < -0.4 is 5.73 Å². The van der Waals surface area contributed by atoms with Gasteiger partial charge in [0, 0.05) is 12.5 Å². The fraction of sp³-hybridized carbons (Fsp3) is 0.900. The Morgan fingerprint density at radius 1 is 1.38 bits per heavy atom. The van der Waals surface area contributed by atoms with Gasteiger partial charge in [-0.25, -0.2) is 0 Å². The van der Waals surface area contributed by atoms with Crippen molar-refractivity contribution in [2.75, 3.05) is 0 Å². The van der Waals surface area contributed by atoms with Gasteiger partial charge in [-0.1, -0.05) is 12.8 Å². The normalized spacial score (nSPS) is 27.8. The highest BCUT2D eigenvalue weighted by Gasteiger charge is 2.22. The summed E-state index contributed by atoms with van der Waals surface area (Å²) >= 11 is 0. The Hall–Kier alpha value is -0.570. The molecule has 0 aromatic rings. The number of carboxylic acid groups (broad SMARTS) is 1. The zero-order valence-corrected chi connectivity index (χ0v) is 8.04. The van der Waals surface area contributed by atoms with Gasteiger partial charge in [-0.15, -0.1) is 0 Å². The predicted octanol–water partition coefficient (Wildman–Crippen LogP) is 1.76. The number of unbranched alkanes of at least 4 members (excludes halogenated alkanes) is 1. The first-order valence-electron chi connectivity index (χ1n) is 5.17. The van der Waals surface area contributed by atoms with E-state index in [2.05, 4.69) is 0 Å². The van der Waals surface area contributed by atoms with Crippen molar-refractivity contribution in [1.82, 2.24) is 0 Å². The summed E-state index contributed by atoms with van der Waals surface area (Å²) < 4.78 is 0. The van der Waals surface area contributed by atoms with Crippen LogP contribution in [0, 0.1) is 5.92 Å². The highest BCUT2D eigenvalue weighted by molar-refractivity contribution is 5.66. The molecule has 3 N–H and O–H groups in total. The summed E-state index contributed by atoms with van der Waals surface area (Å²) in [6.45, 7) is 0. The minimum atomic E-state index is -0.685. The molecule has 3 heteroatoms. The number of carbonyl (C=O) groups is 1. The number of nitrogens with two attached hydrogens (primary N) is 1. The van der Waals surface area contributed by atoms with E-state index in [1.165, 1.54) is 12.8 Å². The first kappa shape index (κ1) is 10.5. The van der Waals surface area contributed by atoms with E-state index in [0.717, 1.165) is 25.7 Å². The zero-order valence-electron chi connectivity index (χ0n) is 8.04. The van der Waals surface area contributed by atoms with E-state index in [4.69, 9.17) is 10.8 Å². The minimum Gasteiger partial charge on any atom is -0.481 e. The van der Waals surface area contributed by atoms with Crippen LogP contribution in [0.25, 0.3) is 0 Å². The van der Waals surface area contributed by atoms with Gasteiger partial charge in [0.25, 0.3) is 0 Å². The van der Waals surface area contributed by atoms with Crippen molar-refractivity contribution in [2.24, 2.45) is 11.7 Å². The van der Waals surface area contributed by atoms with Crippen LogP contribution in [0.5, 0.6) is 0 Å². The lowest BCUT2D eigenvalue weighted by Gasteiger charge is -2.14. The molecule has 76 valence electrons. The summed E-state index contributed by atoms with van der Waals surface area (Å²) in [6, 6.07) is 0.379. The van der Waals surface area contributed by atoms with Crippen molar-refractivity contribution in [2.45, 2.75) is 51.0 Å². The lowest BCUT2D eigenvalue weighted by molar-refractivity contribution is -0.137. The maximum Gasteiger partial charge on any atom is 0.303 e. The molecule has 1 fully saturated rings. The average molecular weight is 185 g/mol. The Balaban J connectivity index is 2.02. The van der Waals surface area contributed by atoms with Crippen LogP contribution in [0.3, 0.4) is 0 Å². The lowest BCUT2D eigenvalue weighted by Crippen LogP contribution is -2.24. The fourth-order valence-corrected chi connectivity index (χ4v) is 2.11. The van der Waals surface area contributed by atoms with Crippen LogP contribution in [0.15, 0.2) is 0 Å². The monoisotopic (exact) mass is 185 g/mol. The summed E-state index contributed by atoms with van der Waals surface area (Å²) in [5.74, 6) is -0.0236. The van der Waals surface area contributed by atoms with E-state index in [1.54, 1.807) is 0 Å². The Bertz CT molecular complexity index is 170. The average Bonchev–Trinajstić information content (AvgIpc) is 2.45. The Morgan fingerprint density at radius 2 is 2.15 bits per heavy atom. The second-order valence-corrected chi connectivity index (χ2v) is 3.99. The third-order valence-electron chi connectivity index (χ3n) is 2.93. The molecule has 0 bridgehead atoms. The molecule has 0 radical (unpaired) electrons. The zero-order chi connectivity index (χ0) is 9.68. The quantitative estimate of drug-likeness (QED) is 0.641. The Kier molecular flexibility index (Phi) is 4.22. The van der Waals surface area contributed by atoms with Gasteiger partial charge >= 0.3 is 5.97 Å². The van der Waals surface area contributed by atoms with Crippen LogP contribution in [-0.4, -0.2) is 17.1 Å². The van der Waals surface area contributed by atoms with Gasteiger partial charge in [0.1, 0.15) is 0 Å². The largest absolute Gasteiger partial charge is 0.481 e. The SMILES string of the molecule is NC1CCCC1CCCCC(=O)O. The third-order valence-corrected chi connectivity index (χ3v) is 2.93. The van der Waals surface area contributed by atoms with Gasteiger partial charge in [-0.2, -0.15) is 0 Å². The van der Waals surface area contributed by atoms with Gasteiger partial charge in [-0.3, -0.25) is 4.79 Å². The minimum absolute atomic E-state index is 0.307. The van der Waals surface area contributed by atoms with Gasteiger partial charge in [-0.05, 0) is 31.6 Å². The van der Waals surface area contributed by atoms with Gasteiger partial charge in [0.05, 0.1) is 0 Å². The van der Waals surface area contributed by atoms with Crippen molar-refractivity contribution >= 4 is 5.97 Å². The van der Waals surface area contributed by atoms with Crippen LogP contribution in [0.2, 0.25) is 0 Å². The Morgan fingerprint density at radius 3 is 2.69 bits per heavy atom. The molecule has 2 atom stereocenters. The highest BCUT2D eigenvalue weighted by atomic mass is 16.4. The van der Waals surface area contributed by atoms with Crippen LogP contribution in [-0.2, 0) is 4.79 Å². The Labute approximate surface area is 79.3 Å². The molecule has 1 aliphatic rings. The fourth-order valence-electron chi connectivity index (χ4n) is 2.11. The lowest BCUT2D eigenvalue weighted by atomic mass is 9.97. The third kappa shape index (κ3) is 3.77. The highest BCUT2D eigenvalue weighted by Crippen LogP contribution is 2.28. The molecule has 13 heavy (non-hydrogen) atoms. The number of rotatable bonds is 5. The van der Waals surface area contributed by atoms with Crippen molar-refractivity contribution in [1.29, 1.82) is 0 Å². The van der Waals surface area contributed by atoms with Crippen LogP contribution in [0.1, 0.15) is 44.9 Å². The molecule has 0 amide bonds. The van der Waals surface area contributed by atoms with Crippen molar-refractivity contribution in [3.8, 4) is 0 Å². The molecule has 2 unspecified atom stereocenters.